The molecule has 2 heterocycles. The van der Waals surface area contributed by atoms with E-state index < -0.39 is 42.3 Å². The zero-order chi connectivity index (χ0) is 14.4. The number of hydrogen-bond donors (Lipinski definition) is 1. The molecule has 1 aromatic rings. The molecule has 2 aliphatic heterocycles. The maximum absolute atomic E-state index is 13.4. The van der Waals surface area contributed by atoms with Gasteiger partial charge in [-0.2, -0.15) is 0 Å². The second-order valence-electron chi connectivity index (χ2n) is 4.60. The Balaban J connectivity index is 1.97. The van der Waals surface area contributed by atoms with E-state index in [1.54, 1.807) is 12.1 Å². The van der Waals surface area contributed by atoms with Crippen LogP contribution in [0.25, 0.3) is 0 Å². The van der Waals surface area contributed by atoms with Gasteiger partial charge in [-0.05, 0) is 12.1 Å². The molecule has 1 fully saturated rings. The molecule has 102 valence electrons. The maximum Gasteiger partial charge on any atom is 0.262 e. The van der Waals surface area contributed by atoms with Crippen LogP contribution in [0.2, 0.25) is 0 Å². The first-order valence-electron chi connectivity index (χ1n) is 5.96. The van der Waals surface area contributed by atoms with Gasteiger partial charge in [0.25, 0.3) is 17.7 Å². The first kappa shape index (κ1) is 12.5. The topological polar surface area (TPSA) is 83.6 Å². The average molecular weight is 276 g/mol. The van der Waals surface area contributed by atoms with Crippen molar-refractivity contribution in [2.45, 2.75) is 18.6 Å². The zero-order valence-electron chi connectivity index (χ0n) is 10.1. The summed E-state index contributed by atoms with van der Waals surface area (Å²) in [4.78, 5) is 47.8. The first-order valence-corrected chi connectivity index (χ1v) is 5.96. The van der Waals surface area contributed by atoms with Crippen LogP contribution in [0.4, 0.5) is 4.39 Å². The summed E-state index contributed by atoms with van der Waals surface area (Å²) in [6, 6.07) is 4.82. The summed E-state index contributed by atoms with van der Waals surface area (Å²) in [5, 5.41) is 1.82. The van der Waals surface area contributed by atoms with E-state index in [1.807, 2.05) is 5.32 Å². The molecule has 20 heavy (non-hydrogen) atoms. The van der Waals surface area contributed by atoms with Crippen LogP contribution < -0.4 is 5.32 Å². The predicted molar refractivity (Wildman–Crippen MR) is 63.4 cm³/mol. The molecular formula is C13H9FN2O4. The number of rotatable bonds is 1. The number of alkyl halides is 1. The highest BCUT2D eigenvalue weighted by Crippen LogP contribution is 2.27. The standard InChI is InChI=1S/C13H9FN2O4/c14-8-5-9(11(18)15-10(8)17)16-12(19)6-3-1-2-4-7(6)13(16)20/h1-4,8-9H,5H2,(H,15,17,18)/t8-,9?/m0/s1. The average Bonchev–Trinajstić information content (AvgIpc) is 2.68. The minimum absolute atomic E-state index is 0.178. The fraction of sp³-hybridized carbons (Fsp3) is 0.231. The van der Waals surface area contributed by atoms with Gasteiger partial charge in [0.1, 0.15) is 6.04 Å². The molecule has 2 atom stereocenters. The Bertz CT molecular complexity index is 623. The number of nitrogens with one attached hydrogen (secondary N) is 1. The Labute approximate surface area is 112 Å². The molecule has 0 bridgehead atoms. The molecular weight excluding hydrogens is 267 g/mol. The summed E-state index contributed by atoms with van der Waals surface area (Å²) in [6.07, 6.45) is -2.42. The summed E-state index contributed by atoms with van der Waals surface area (Å²) < 4.78 is 13.4. The van der Waals surface area contributed by atoms with E-state index in [4.69, 9.17) is 0 Å². The summed E-state index contributed by atoms with van der Waals surface area (Å²) in [7, 11) is 0. The van der Waals surface area contributed by atoms with E-state index in [-0.39, 0.29) is 11.1 Å². The number of carbonyl (C=O) groups excluding carboxylic acids is 4. The van der Waals surface area contributed by atoms with Gasteiger partial charge in [-0.25, -0.2) is 4.39 Å². The maximum atomic E-state index is 13.4. The van der Waals surface area contributed by atoms with Crippen molar-refractivity contribution in [2.24, 2.45) is 0 Å². The number of benzene rings is 1. The predicted octanol–water partition coefficient (Wildman–Crippen LogP) is 0.0358. The van der Waals surface area contributed by atoms with Crippen LogP contribution in [0.15, 0.2) is 24.3 Å². The molecule has 0 aliphatic carbocycles. The molecule has 7 heteroatoms. The molecule has 0 aromatic heterocycles. The second-order valence-corrected chi connectivity index (χ2v) is 4.60. The van der Waals surface area contributed by atoms with Crippen molar-refractivity contribution >= 4 is 23.6 Å². The highest BCUT2D eigenvalue weighted by molar-refractivity contribution is 6.23. The van der Waals surface area contributed by atoms with Gasteiger partial charge in [0, 0.05) is 6.42 Å². The summed E-state index contributed by atoms with van der Waals surface area (Å²) >= 11 is 0. The number of halogens is 1. The minimum Gasteiger partial charge on any atom is -0.292 e. The third kappa shape index (κ3) is 1.63. The van der Waals surface area contributed by atoms with Gasteiger partial charge in [0.05, 0.1) is 11.1 Å². The fourth-order valence-electron chi connectivity index (χ4n) is 2.41. The highest BCUT2D eigenvalue weighted by Gasteiger charge is 2.46. The molecule has 0 saturated carbocycles. The van der Waals surface area contributed by atoms with Crippen molar-refractivity contribution in [3.8, 4) is 0 Å². The van der Waals surface area contributed by atoms with Crippen LogP contribution >= 0.6 is 0 Å². The Morgan fingerprint density at radius 2 is 1.55 bits per heavy atom. The summed E-state index contributed by atoms with van der Waals surface area (Å²) in [5.41, 5.74) is 0.357. The van der Waals surface area contributed by atoms with Crippen molar-refractivity contribution in [3.63, 3.8) is 0 Å². The van der Waals surface area contributed by atoms with Crippen LogP contribution in [0.5, 0.6) is 0 Å². The number of hydrogen-bond acceptors (Lipinski definition) is 4. The van der Waals surface area contributed by atoms with E-state index >= 15 is 0 Å². The molecule has 3 rings (SSSR count). The Morgan fingerprint density at radius 1 is 1.00 bits per heavy atom. The first-order chi connectivity index (χ1) is 9.50. The summed E-state index contributed by atoms with van der Waals surface area (Å²) in [6.45, 7) is 0. The van der Waals surface area contributed by atoms with Crippen LogP contribution in [0.1, 0.15) is 27.1 Å². The van der Waals surface area contributed by atoms with Crippen LogP contribution in [-0.2, 0) is 9.59 Å². The lowest BCUT2D eigenvalue weighted by molar-refractivity contribution is -0.140. The highest BCUT2D eigenvalue weighted by atomic mass is 19.1. The van der Waals surface area contributed by atoms with E-state index in [0.29, 0.717) is 0 Å². The van der Waals surface area contributed by atoms with Gasteiger partial charge >= 0.3 is 0 Å². The van der Waals surface area contributed by atoms with Crippen LogP contribution in [0.3, 0.4) is 0 Å². The summed E-state index contributed by atoms with van der Waals surface area (Å²) in [5.74, 6) is -3.17. The van der Waals surface area contributed by atoms with Crippen LogP contribution in [0, 0.1) is 0 Å². The van der Waals surface area contributed by atoms with E-state index in [0.717, 1.165) is 4.90 Å². The van der Waals surface area contributed by atoms with Crippen LogP contribution in [-0.4, -0.2) is 40.7 Å². The Hall–Kier alpha value is -2.57. The molecule has 1 unspecified atom stereocenters. The SMILES string of the molecule is O=C1NC(=O)[C@@H](F)CC1N1C(=O)c2ccccc2C1=O. The second kappa shape index (κ2) is 4.22. The van der Waals surface area contributed by atoms with Gasteiger partial charge in [-0.15, -0.1) is 0 Å². The molecule has 6 nitrogen and oxygen atoms in total. The van der Waals surface area contributed by atoms with Crippen molar-refractivity contribution in [1.82, 2.24) is 10.2 Å². The quantitative estimate of drug-likeness (QED) is 0.734. The molecule has 4 amide bonds. The number of carbonyl (C=O) groups is 4. The lowest BCUT2D eigenvalue weighted by Crippen LogP contribution is -2.58. The molecule has 0 spiro atoms. The van der Waals surface area contributed by atoms with Gasteiger partial charge in [-0.1, -0.05) is 12.1 Å². The number of amides is 4. The normalized spacial score (nSPS) is 25.8. The van der Waals surface area contributed by atoms with Gasteiger partial charge in [0.15, 0.2) is 6.17 Å². The number of fused-ring (bicyclic) bond motifs is 1. The van der Waals surface area contributed by atoms with E-state index in [1.165, 1.54) is 12.1 Å². The molecule has 1 N–H and O–H groups in total. The third-order valence-corrected chi connectivity index (χ3v) is 3.40. The third-order valence-electron chi connectivity index (χ3n) is 3.40. The minimum atomic E-state index is -1.91. The number of piperidine rings is 1. The van der Waals surface area contributed by atoms with Crippen molar-refractivity contribution < 1.29 is 23.6 Å². The Morgan fingerprint density at radius 3 is 2.10 bits per heavy atom. The van der Waals surface area contributed by atoms with Gasteiger partial charge in [-0.3, -0.25) is 29.4 Å². The fourth-order valence-corrected chi connectivity index (χ4v) is 2.41. The van der Waals surface area contributed by atoms with Crippen molar-refractivity contribution in [2.75, 3.05) is 0 Å². The molecule has 0 radical (unpaired) electrons. The number of nitrogens with zero attached hydrogens (tertiary/aromatic N) is 1. The van der Waals surface area contributed by atoms with Gasteiger partial charge < -0.3 is 0 Å². The van der Waals surface area contributed by atoms with Crippen molar-refractivity contribution in [3.05, 3.63) is 35.4 Å². The van der Waals surface area contributed by atoms with E-state index in [2.05, 4.69) is 0 Å². The van der Waals surface area contributed by atoms with Crippen molar-refractivity contribution in [1.29, 1.82) is 0 Å². The lowest BCUT2D eigenvalue weighted by Gasteiger charge is -2.29. The largest absolute Gasteiger partial charge is 0.292 e. The smallest absolute Gasteiger partial charge is 0.262 e. The molecule has 2 aliphatic rings. The lowest BCUT2D eigenvalue weighted by atomic mass is 10.0. The monoisotopic (exact) mass is 276 g/mol. The van der Waals surface area contributed by atoms with E-state index in [9.17, 15) is 23.6 Å². The molecule has 1 saturated heterocycles. The number of imide groups is 2. The van der Waals surface area contributed by atoms with Gasteiger partial charge in [0.2, 0.25) is 5.91 Å². The Kier molecular flexibility index (Phi) is 2.63. The zero-order valence-corrected chi connectivity index (χ0v) is 10.1. The molecule has 1 aromatic carbocycles.